The highest BCUT2D eigenvalue weighted by atomic mass is 16.5. The molecule has 0 heterocycles. The van der Waals surface area contributed by atoms with Crippen molar-refractivity contribution in [2.75, 3.05) is 33.8 Å². The van der Waals surface area contributed by atoms with Gasteiger partial charge in [0.1, 0.15) is 5.75 Å². The van der Waals surface area contributed by atoms with Crippen LogP contribution in [-0.4, -0.2) is 33.8 Å². The van der Waals surface area contributed by atoms with E-state index in [1.54, 1.807) is 7.11 Å². The van der Waals surface area contributed by atoms with E-state index in [-0.39, 0.29) is 0 Å². The first-order chi connectivity index (χ1) is 8.31. The van der Waals surface area contributed by atoms with E-state index in [4.69, 9.17) is 4.74 Å². The predicted molar refractivity (Wildman–Crippen MR) is 72.9 cm³/mol. The minimum absolute atomic E-state index is 0.991. The van der Waals surface area contributed by atoms with Crippen molar-refractivity contribution < 1.29 is 4.74 Å². The maximum absolute atomic E-state index is 5.38. The number of benzene rings is 1. The Morgan fingerprint density at radius 2 is 2.00 bits per heavy atom. The maximum Gasteiger partial charge on any atom is 0.122 e. The van der Waals surface area contributed by atoms with Crippen LogP contribution in [0.5, 0.6) is 5.75 Å². The second-order valence-electron chi connectivity index (χ2n) is 4.10. The van der Waals surface area contributed by atoms with Crippen molar-refractivity contribution in [2.24, 2.45) is 0 Å². The van der Waals surface area contributed by atoms with Crippen molar-refractivity contribution in [3.8, 4) is 5.75 Å². The van der Waals surface area contributed by atoms with Gasteiger partial charge in [0.2, 0.25) is 0 Å². The molecular formula is C14H24N2O. The normalized spacial score (nSPS) is 10.5. The summed E-state index contributed by atoms with van der Waals surface area (Å²) in [5.74, 6) is 0.998. The summed E-state index contributed by atoms with van der Waals surface area (Å²) in [7, 11) is 3.70. The Kier molecular flexibility index (Phi) is 6.67. The molecule has 3 heteroatoms. The number of nitrogens with one attached hydrogen (secondary N) is 2. The Labute approximate surface area is 105 Å². The SMILES string of the molecule is CCc1ccc(OC)c(CCNCCNC)c1. The number of hydrogen-bond donors (Lipinski definition) is 2. The van der Waals surface area contributed by atoms with E-state index < -0.39 is 0 Å². The summed E-state index contributed by atoms with van der Waals surface area (Å²) in [5, 5.41) is 6.53. The van der Waals surface area contributed by atoms with Gasteiger partial charge < -0.3 is 15.4 Å². The van der Waals surface area contributed by atoms with E-state index in [2.05, 4.69) is 35.8 Å². The van der Waals surface area contributed by atoms with E-state index in [0.717, 1.165) is 38.2 Å². The van der Waals surface area contributed by atoms with E-state index >= 15 is 0 Å². The summed E-state index contributed by atoms with van der Waals surface area (Å²) in [6.45, 7) is 5.18. The molecule has 0 bridgehead atoms. The molecule has 0 amide bonds. The van der Waals surface area contributed by atoms with Crippen LogP contribution in [0.1, 0.15) is 18.1 Å². The van der Waals surface area contributed by atoms with Crippen LogP contribution >= 0.6 is 0 Å². The number of methoxy groups -OCH3 is 1. The number of rotatable bonds is 8. The van der Waals surface area contributed by atoms with E-state index in [9.17, 15) is 0 Å². The average molecular weight is 236 g/mol. The fourth-order valence-corrected chi connectivity index (χ4v) is 1.81. The van der Waals surface area contributed by atoms with Crippen LogP contribution in [0.15, 0.2) is 18.2 Å². The van der Waals surface area contributed by atoms with Crippen molar-refractivity contribution >= 4 is 0 Å². The van der Waals surface area contributed by atoms with Gasteiger partial charge in [-0.15, -0.1) is 0 Å². The fraction of sp³-hybridized carbons (Fsp3) is 0.571. The first kappa shape index (κ1) is 14.0. The Morgan fingerprint density at radius 1 is 1.18 bits per heavy atom. The molecule has 3 nitrogen and oxygen atoms in total. The monoisotopic (exact) mass is 236 g/mol. The zero-order chi connectivity index (χ0) is 12.5. The third-order valence-corrected chi connectivity index (χ3v) is 2.88. The molecule has 0 saturated heterocycles. The Bertz CT molecular complexity index is 326. The molecule has 17 heavy (non-hydrogen) atoms. The van der Waals surface area contributed by atoms with E-state index in [0.29, 0.717) is 0 Å². The Balaban J connectivity index is 2.49. The van der Waals surface area contributed by atoms with Gasteiger partial charge in [-0.25, -0.2) is 0 Å². The number of aryl methyl sites for hydroxylation is 1. The van der Waals surface area contributed by atoms with Gasteiger partial charge in [0.05, 0.1) is 7.11 Å². The molecule has 0 aliphatic rings. The average Bonchev–Trinajstić information content (AvgIpc) is 2.38. The lowest BCUT2D eigenvalue weighted by Gasteiger charge is -2.11. The highest BCUT2D eigenvalue weighted by molar-refractivity contribution is 5.37. The minimum atomic E-state index is 0.991. The van der Waals surface area contributed by atoms with Crippen LogP contribution in [-0.2, 0) is 12.8 Å². The first-order valence-electron chi connectivity index (χ1n) is 6.33. The molecular weight excluding hydrogens is 212 g/mol. The summed E-state index contributed by atoms with van der Waals surface area (Å²) >= 11 is 0. The van der Waals surface area contributed by atoms with Gasteiger partial charge in [-0.1, -0.05) is 19.1 Å². The van der Waals surface area contributed by atoms with Crippen molar-refractivity contribution in [2.45, 2.75) is 19.8 Å². The number of likely N-dealkylation sites (N-methyl/N-ethyl adjacent to an activating group) is 1. The molecule has 0 unspecified atom stereocenters. The molecule has 0 atom stereocenters. The summed E-state index contributed by atoms with van der Waals surface area (Å²) in [6, 6.07) is 6.46. The molecule has 1 aromatic rings. The van der Waals surface area contributed by atoms with Crippen LogP contribution in [0.25, 0.3) is 0 Å². The molecule has 1 rings (SSSR count). The van der Waals surface area contributed by atoms with Crippen LogP contribution in [0.3, 0.4) is 0 Å². The van der Waals surface area contributed by atoms with Crippen molar-refractivity contribution in [3.05, 3.63) is 29.3 Å². The molecule has 0 radical (unpaired) electrons. The fourth-order valence-electron chi connectivity index (χ4n) is 1.81. The van der Waals surface area contributed by atoms with Crippen LogP contribution in [0.4, 0.5) is 0 Å². The van der Waals surface area contributed by atoms with Crippen molar-refractivity contribution in [1.82, 2.24) is 10.6 Å². The molecule has 0 aliphatic heterocycles. The second-order valence-corrected chi connectivity index (χ2v) is 4.10. The van der Waals surface area contributed by atoms with E-state index in [1.807, 2.05) is 7.05 Å². The quantitative estimate of drug-likeness (QED) is 0.673. The first-order valence-corrected chi connectivity index (χ1v) is 6.33. The van der Waals surface area contributed by atoms with Crippen molar-refractivity contribution in [1.29, 1.82) is 0 Å². The summed E-state index contributed by atoms with van der Waals surface area (Å²) < 4.78 is 5.38. The highest BCUT2D eigenvalue weighted by Crippen LogP contribution is 2.20. The number of hydrogen-bond acceptors (Lipinski definition) is 3. The smallest absolute Gasteiger partial charge is 0.122 e. The Hall–Kier alpha value is -1.06. The van der Waals surface area contributed by atoms with Gasteiger partial charge in [0, 0.05) is 13.1 Å². The molecule has 0 aliphatic carbocycles. The molecule has 2 N–H and O–H groups in total. The zero-order valence-corrected chi connectivity index (χ0v) is 11.2. The summed E-state index contributed by atoms with van der Waals surface area (Å²) in [6.07, 6.45) is 2.09. The Morgan fingerprint density at radius 3 is 2.65 bits per heavy atom. The van der Waals surface area contributed by atoms with Crippen LogP contribution in [0.2, 0.25) is 0 Å². The molecule has 0 saturated carbocycles. The van der Waals surface area contributed by atoms with Gasteiger partial charge in [-0.05, 0) is 43.6 Å². The zero-order valence-electron chi connectivity index (χ0n) is 11.2. The largest absolute Gasteiger partial charge is 0.496 e. The van der Waals surface area contributed by atoms with Gasteiger partial charge in [-0.2, -0.15) is 0 Å². The van der Waals surface area contributed by atoms with Crippen LogP contribution in [0, 0.1) is 0 Å². The predicted octanol–water partition coefficient (Wildman–Crippen LogP) is 1.61. The lowest BCUT2D eigenvalue weighted by molar-refractivity contribution is 0.409. The maximum atomic E-state index is 5.38. The third kappa shape index (κ3) is 4.75. The third-order valence-electron chi connectivity index (χ3n) is 2.88. The van der Waals surface area contributed by atoms with Gasteiger partial charge in [0.25, 0.3) is 0 Å². The minimum Gasteiger partial charge on any atom is -0.496 e. The van der Waals surface area contributed by atoms with E-state index in [1.165, 1.54) is 11.1 Å². The molecule has 0 fully saturated rings. The topological polar surface area (TPSA) is 33.3 Å². The summed E-state index contributed by atoms with van der Waals surface area (Å²) in [4.78, 5) is 0. The standard InChI is InChI=1S/C14H24N2O/c1-4-12-5-6-14(17-3)13(11-12)7-8-16-10-9-15-2/h5-6,11,15-16H,4,7-10H2,1-3H3. The lowest BCUT2D eigenvalue weighted by Crippen LogP contribution is -2.26. The molecule has 1 aromatic carbocycles. The van der Waals surface area contributed by atoms with Gasteiger partial charge >= 0.3 is 0 Å². The molecule has 0 aromatic heterocycles. The number of ether oxygens (including phenoxy) is 1. The lowest BCUT2D eigenvalue weighted by atomic mass is 10.1. The van der Waals surface area contributed by atoms with Gasteiger partial charge in [0.15, 0.2) is 0 Å². The van der Waals surface area contributed by atoms with Crippen molar-refractivity contribution in [3.63, 3.8) is 0 Å². The molecule has 0 spiro atoms. The van der Waals surface area contributed by atoms with Crippen LogP contribution < -0.4 is 15.4 Å². The van der Waals surface area contributed by atoms with Gasteiger partial charge in [-0.3, -0.25) is 0 Å². The highest BCUT2D eigenvalue weighted by Gasteiger charge is 2.03. The summed E-state index contributed by atoms with van der Waals surface area (Å²) in [5.41, 5.74) is 2.67. The second kappa shape index (κ2) is 8.09. The molecule has 96 valence electrons.